The summed E-state index contributed by atoms with van der Waals surface area (Å²) >= 11 is 0. The van der Waals surface area contributed by atoms with Gasteiger partial charge in [-0.05, 0) is 12.1 Å². The average Bonchev–Trinajstić information content (AvgIpc) is 2.42. The van der Waals surface area contributed by atoms with Crippen molar-refractivity contribution in [3.05, 3.63) is 63.8 Å². The molecule has 0 aliphatic rings. The summed E-state index contributed by atoms with van der Waals surface area (Å²) in [6.45, 7) is 0.178. The summed E-state index contributed by atoms with van der Waals surface area (Å²) in [5.74, 6) is -0.819. The molecule has 0 saturated heterocycles. The van der Waals surface area contributed by atoms with Crippen LogP contribution in [0.15, 0.2) is 36.5 Å². The first-order valence-electron chi connectivity index (χ1n) is 5.73. The highest BCUT2D eigenvalue weighted by molar-refractivity contribution is 5.43. The molecule has 0 radical (unpaired) electrons. The van der Waals surface area contributed by atoms with Gasteiger partial charge in [0.25, 0.3) is 5.69 Å². The number of halogens is 2. The molecule has 1 aromatic carbocycles. The van der Waals surface area contributed by atoms with Gasteiger partial charge in [-0.1, -0.05) is 6.07 Å². The predicted molar refractivity (Wildman–Crippen MR) is 69.4 cm³/mol. The van der Waals surface area contributed by atoms with E-state index < -0.39 is 16.6 Å². The molecule has 0 spiro atoms. The Labute approximate surface area is 113 Å². The van der Waals surface area contributed by atoms with E-state index in [1.807, 2.05) is 0 Å². The molecule has 5 nitrogen and oxygen atoms in total. The van der Waals surface area contributed by atoms with E-state index >= 15 is 0 Å². The average molecular weight is 279 g/mol. The second kappa shape index (κ2) is 5.60. The Bertz CT molecular complexity index is 632. The van der Waals surface area contributed by atoms with E-state index in [0.717, 1.165) is 12.3 Å². The molecule has 7 heteroatoms. The first kappa shape index (κ1) is 13.9. The van der Waals surface area contributed by atoms with E-state index in [4.69, 9.17) is 0 Å². The van der Waals surface area contributed by atoms with E-state index in [1.165, 1.54) is 24.3 Å². The first-order valence-corrected chi connectivity index (χ1v) is 5.73. The number of hydrogen-bond acceptors (Lipinski definition) is 4. The lowest BCUT2D eigenvalue weighted by molar-refractivity contribution is -0.385. The van der Waals surface area contributed by atoms with Crippen LogP contribution in [0.2, 0.25) is 0 Å². The number of hydrogen-bond donors (Lipinski definition) is 0. The van der Waals surface area contributed by atoms with E-state index in [2.05, 4.69) is 4.98 Å². The molecule has 0 aliphatic heterocycles. The molecule has 20 heavy (non-hydrogen) atoms. The van der Waals surface area contributed by atoms with Crippen molar-refractivity contribution >= 4 is 11.5 Å². The van der Waals surface area contributed by atoms with Crippen LogP contribution < -0.4 is 4.90 Å². The largest absolute Gasteiger partial charge is 0.355 e. The van der Waals surface area contributed by atoms with Crippen LogP contribution in [-0.4, -0.2) is 17.0 Å². The zero-order chi connectivity index (χ0) is 14.7. The Balaban J connectivity index is 2.15. The van der Waals surface area contributed by atoms with Gasteiger partial charge in [0, 0.05) is 31.3 Å². The number of pyridine rings is 1. The second-order valence-corrected chi connectivity index (χ2v) is 4.22. The second-order valence-electron chi connectivity index (χ2n) is 4.22. The van der Waals surface area contributed by atoms with Gasteiger partial charge in [0.05, 0.1) is 4.92 Å². The molecule has 1 heterocycles. The number of anilines is 1. The van der Waals surface area contributed by atoms with Crippen molar-refractivity contribution in [2.24, 2.45) is 0 Å². The fourth-order valence-electron chi connectivity index (χ4n) is 1.70. The lowest BCUT2D eigenvalue weighted by Crippen LogP contribution is -2.18. The monoisotopic (exact) mass is 279 g/mol. The highest BCUT2D eigenvalue weighted by atomic mass is 19.1. The molecule has 0 amide bonds. The molecule has 2 aromatic rings. The van der Waals surface area contributed by atoms with Crippen molar-refractivity contribution in [3.8, 4) is 0 Å². The highest BCUT2D eigenvalue weighted by Gasteiger charge is 2.11. The van der Waals surface area contributed by atoms with Gasteiger partial charge in [0.2, 0.25) is 0 Å². The van der Waals surface area contributed by atoms with E-state index in [9.17, 15) is 18.9 Å². The maximum Gasteiger partial charge on any atom is 0.287 e. The Morgan fingerprint density at radius 3 is 2.60 bits per heavy atom. The molecule has 2 rings (SSSR count). The maximum absolute atomic E-state index is 13.5. The van der Waals surface area contributed by atoms with Crippen molar-refractivity contribution in [1.29, 1.82) is 0 Å². The van der Waals surface area contributed by atoms with Crippen LogP contribution >= 0.6 is 0 Å². The lowest BCUT2D eigenvalue weighted by Gasteiger charge is -2.18. The smallest absolute Gasteiger partial charge is 0.287 e. The standard InChI is InChI=1S/C13H11F2N3O2/c1-17(8-9-2-3-10(14)6-12(9)15)13-5-4-11(7-16-13)18(19)20/h2-7H,8H2,1H3. The van der Waals surface area contributed by atoms with Crippen LogP contribution in [0.3, 0.4) is 0 Å². The van der Waals surface area contributed by atoms with Crippen LogP contribution in [0.1, 0.15) is 5.56 Å². The van der Waals surface area contributed by atoms with Gasteiger partial charge in [-0.2, -0.15) is 0 Å². The molecule has 0 unspecified atom stereocenters. The minimum absolute atomic E-state index is 0.116. The number of rotatable bonds is 4. The summed E-state index contributed by atoms with van der Waals surface area (Å²) in [6.07, 6.45) is 1.13. The summed E-state index contributed by atoms with van der Waals surface area (Å²) in [7, 11) is 1.66. The number of nitro groups is 1. The molecule has 0 saturated carbocycles. The van der Waals surface area contributed by atoms with E-state index in [0.29, 0.717) is 11.4 Å². The van der Waals surface area contributed by atoms with Crippen LogP contribution in [0.4, 0.5) is 20.3 Å². The van der Waals surface area contributed by atoms with Crippen LogP contribution in [0.25, 0.3) is 0 Å². The van der Waals surface area contributed by atoms with Gasteiger partial charge in [-0.15, -0.1) is 0 Å². The van der Waals surface area contributed by atoms with E-state index in [-0.39, 0.29) is 12.2 Å². The van der Waals surface area contributed by atoms with Gasteiger partial charge < -0.3 is 4.90 Å². The molecule has 0 fully saturated rings. The summed E-state index contributed by atoms with van der Waals surface area (Å²) in [6, 6.07) is 6.13. The van der Waals surface area contributed by atoms with Crippen molar-refractivity contribution in [2.75, 3.05) is 11.9 Å². The zero-order valence-electron chi connectivity index (χ0n) is 10.6. The van der Waals surface area contributed by atoms with Crippen LogP contribution in [0, 0.1) is 21.7 Å². The molecule has 0 N–H and O–H groups in total. The number of nitrogens with zero attached hydrogens (tertiary/aromatic N) is 3. The molecule has 104 valence electrons. The third-order valence-corrected chi connectivity index (χ3v) is 2.76. The van der Waals surface area contributed by atoms with Crippen molar-refractivity contribution in [2.45, 2.75) is 6.54 Å². The molecular formula is C13H11F2N3O2. The lowest BCUT2D eigenvalue weighted by atomic mass is 10.2. The highest BCUT2D eigenvalue weighted by Crippen LogP contribution is 2.18. The van der Waals surface area contributed by atoms with Crippen molar-refractivity contribution in [3.63, 3.8) is 0 Å². The number of aromatic nitrogens is 1. The molecule has 0 bridgehead atoms. The molecule has 1 aromatic heterocycles. The zero-order valence-corrected chi connectivity index (χ0v) is 10.6. The first-order chi connectivity index (χ1) is 9.47. The Kier molecular flexibility index (Phi) is 3.88. The summed E-state index contributed by atoms with van der Waals surface area (Å²) in [5.41, 5.74) is 0.198. The Morgan fingerprint density at radius 1 is 1.30 bits per heavy atom. The Hall–Kier alpha value is -2.57. The van der Waals surface area contributed by atoms with Gasteiger partial charge in [-0.25, -0.2) is 13.8 Å². The maximum atomic E-state index is 13.5. The number of benzene rings is 1. The van der Waals surface area contributed by atoms with Gasteiger partial charge in [0.1, 0.15) is 23.6 Å². The fraction of sp³-hybridized carbons (Fsp3) is 0.154. The third kappa shape index (κ3) is 3.05. The van der Waals surface area contributed by atoms with Crippen LogP contribution in [-0.2, 0) is 6.54 Å². The van der Waals surface area contributed by atoms with Gasteiger partial charge in [-0.3, -0.25) is 10.1 Å². The molecular weight excluding hydrogens is 268 g/mol. The SMILES string of the molecule is CN(Cc1ccc(F)cc1F)c1ccc([N+](=O)[O-])cn1. The third-order valence-electron chi connectivity index (χ3n) is 2.76. The normalized spacial score (nSPS) is 10.3. The van der Waals surface area contributed by atoms with Crippen molar-refractivity contribution in [1.82, 2.24) is 4.98 Å². The topological polar surface area (TPSA) is 59.3 Å². The van der Waals surface area contributed by atoms with Gasteiger partial charge >= 0.3 is 0 Å². The minimum Gasteiger partial charge on any atom is -0.355 e. The quantitative estimate of drug-likeness (QED) is 0.637. The van der Waals surface area contributed by atoms with Crippen molar-refractivity contribution < 1.29 is 13.7 Å². The summed E-state index contributed by atoms with van der Waals surface area (Å²) in [4.78, 5) is 15.5. The fourth-order valence-corrected chi connectivity index (χ4v) is 1.70. The Morgan fingerprint density at radius 2 is 2.05 bits per heavy atom. The van der Waals surface area contributed by atoms with Gasteiger partial charge in [0.15, 0.2) is 0 Å². The summed E-state index contributed by atoms with van der Waals surface area (Å²) < 4.78 is 26.3. The van der Waals surface area contributed by atoms with Crippen LogP contribution in [0.5, 0.6) is 0 Å². The predicted octanol–water partition coefficient (Wildman–Crippen LogP) is 2.90. The van der Waals surface area contributed by atoms with E-state index in [1.54, 1.807) is 11.9 Å². The minimum atomic E-state index is -0.640. The molecule has 0 atom stereocenters. The summed E-state index contributed by atoms with van der Waals surface area (Å²) in [5, 5.41) is 10.5. The molecule has 0 aliphatic carbocycles.